The first-order chi connectivity index (χ1) is 11.8. The average Bonchev–Trinajstić information content (AvgIpc) is 2.99. The van der Waals surface area contributed by atoms with E-state index in [1.165, 1.54) is 17.0 Å². The highest BCUT2D eigenvalue weighted by Gasteiger charge is 2.29. The Bertz CT molecular complexity index is 695. The van der Waals surface area contributed by atoms with E-state index in [-0.39, 0.29) is 18.4 Å². The molecule has 1 aromatic carbocycles. The highest BCUT2D eigenvalue weighted by molar-refractivity contribution is 7.12. The zero-order chi connectivity index (χ0) is 18.4. The van der Waals surface area contributed by atoms with Crippen LogP contribution >= 0.6 is 11.3 Å². The van der Waals surface area contributed by atoms with Gasteiger partial charge in [0.05, 0.1) is 5.56 Å². The first kappa shape index (κ1) is 19.5. The van der Waals surface area contributed by atoms with Gasteiger partial charge in [-0.15, -0.1) is 11.3 Å². The summed E-state index contributed by atoms with van der Waals surface area (Å²) in [5.74, 6) is -0.157. The molecule has 1 aromatic heterocycles. The standard InChI is InChI=1S/C18H20F3NO2S/c1-12-3-9-16(25-12)15(24-2)11-22-17(23)10-6-13-4-7-14(8-5-13)18(19,20)21/h3-5,7-9,15H,6,10-11H2,1-2H3,(H,22,23)/t15-/m1/s1. The Kier molecular flexibility index (Phi) is 6.61. The van der Waals surface area contributed by atoms with E-state index in [1.54, 1.807) is 18.4 Å². The third-order valence-corrected chi connectivity index (χ3v) is 4.86. The molecule has 2 aromatic rings. The van der Waals surface area contributed by atoms with Gasteiger partial charge in [-0.05, 0) is 43.2 Å². The molecule has 0 aliphatic heterocycles. The minimum Gasteiger partial charge on any atom is -0.374 e. The first-order valence-electron chi connectivity index (χ1n) is 7.81. The summed E-state index contributed by atoms with van der Waals surface area (Å²) in [4.78, 5) is 14.2. The molecule has 1 N–H and O–H groups in total. The third-order valence-electron chi connectivity index (χ3n) is 3.77. The second-order valence-electron chi connectivity index (χ2n) is 5.67. The monoisotopic (exact) mass is 371 g/mol. The van der Waals surface area contributed by atoms with Crippen molar-refractivity contribution in [1.82, 2.24) is 5.32 Å². The number of carbonyl (C=O) groups is 1. The van der Waals surface area contributed by atoms with E-state index in [4.69, 9.17) is 4.74 Å². The van der Waals surface area contributed by atoms with E-state index in [2.05, 4.69) is 5.32 Å². The molecular weight excluding hydrogens is 351 g/mol. The number of amides is 1. The summed E-state index contributed by atoms with van der Waals surface area (Å²) in [7, 11) is 1.59. The van der Waals surface area contributed by atoms with Crippen LogP contribution in [0.25, 0.3) is 0 Å². The summed E-state index contributed by atoms with van der Waals surface area (Å²) in [6, 6.07) is 8.85. The molecular formula is C18H20F3NO2S. The highest BCUT2D eigenvalue weighted by atomic mass is 32.1. The van der Waals surface area contributed by atoms with Crippen LogP contribution < -0.4 is 5.32 Å². The van der Waals surface area contributed by atoms with Gasteiger partial charge in [-0.3, -0.25) is 4.79 Å². The normalized spacial score (nSPS) is 12.8. The molecule has 0 saturated carbocycles. The Morgan fingerprint density at radius 3 is 2.40 bits per heavy atom. The zero-order valence-electron chi connectivity index (χ0n) is 14.0. The topological polar surface area (TPSA) is 38.3 Å². The van der Waals surface area contributed by atoms with Crippen molar-refractivity contribution in [3.63, 3.8) is 0 Å². The molecule has 136 valence electrons. The van der Waals surface area contributed by atoms with Crippen LogP contribution in [-0.2, 0) is 22.1 Å². The number of benzene rings is 1. The molecule has 0 radical (unpaired) electrons. The number of methoxy groups -OCH3 is 1. The van der Waals surface area contributed by atoms with Gasteiger partial charge >= 0.3 is 6.18 Å². The number of halogens is 3. The van der Waals surface area contributed by atoms with Gasteiger partial charge in [0.25, 0.3) is 0 Å². The molecule has 1 amide bonds. The predicted octanol–water partition coefficient (Wildman–Crippen LogP) is 4.51. The van der Waals surface area contributed by atoms with Gasteiger partial charge in [0, 0.05) is 29.8 Å². The summed E-state index contributed by atoms with van der Waals surface area (Å²) >= 11 is 1.62. The molecule has 0 fully saturated rings. The van der Waals surface area contributed by atoms with Gasteiger partial charge in [-0.1, -0.05) is 12.1 Å². The van der Waals surface area contributed by atoms with Crippen LogP contribution in [0.15, 0.2) is 36.4 Å². The molecule has 0 aliphatic rings. The molecule has 2 rings (SSSR count). The number of carbonyl (C=O) groups excluding carboxylic acids is 1. The SMILES string of the molecule is CO[C@H](CNC(=O)CCc1ccc(C(F)(F)F)cc1)c1ccc(C)s1. The van der Waals surface area contributed by atoms with Crippen molar-refractivity contribution in [3.05, 3.63) is 57.3 Å². The van der Waals surface area contributed by atoms with Crippen molar-refractivity contribution in [2.75, 3.05) is 13.7 Å². The average molecular weight is 371 g/mol. The molecule has 25 heavy (non-hydrogen) atoms. The molecule has 0 saturated heterocycles. The fraction of sp³-hybridized carbons (Fsp3) is 0.389. The largest absolute Gasteiger partial charge is 0.416 e. The van der Waals surface area contributed by atoms with Crippen molar-refractivity contribution in [2.45, 2.75) is 32.0 Å². The number of alkyl halides is 3. The number of thiophene rings is 1. The number of hydrogen-bond donors (Lipinski definition) is 1. The van der Waals surface area contributed by atoms with Crippen LogP contribution in [0.3, 0.4) is 0 Å². The Morgan fingerprint density at radius 2 is 1.88 bits per heavy atom. The second kappa shape index (κ2) is 8.49. The maximum Gasteiger partial charge on any atom is 0.416 e. The maximum absolute atomic E-state index is 12.5. The van der Waals surface area contributed by atoms with E-state index >= 15 is 0 Å². The van der Waals surface area contributed by atoms with E-state index in [9.17, 15) is 18.0 Å². The summed E-state index contributed by atoms with van der Waals surface area (Å²) < 4.78 is 42.9. The molecule has 0 unspecified atom stereocenters. The Hall–Kier alpha value is -1.86. The fourth-order valence-electron chi connectivity index (χ4n) is 2.34. The van der Waals surface area contributed by atoms with Crippen molar-refractivity contribution in [2.24, 2.45) is 0 Å². The summed E-state index contributed by atoms with van der Waals surface area (Å²) in [6.45, 7) is 2.37. The molecule has 1 atom stereocenters. The van der Waals surface area contributed by atoms with Gasteiger partial charge in [0.2, 0.25) is 5.91 Å². The van der Waals surface area contributed by atoms with Crippen LogP contribution in [0, 0.1) is 6.92 Å². The van der Waals surface area contributed by atoms with E-state index in [1.807, 2.05) is 19.1 Å². The van der Waals surface area contributed by atoms with Gasteiger partial charge in [-0.2, -0.15) is 13.2 Å². The summed E-state index contributed by atoms with van der Waals surface area (Å²) in [5.41, 5.74) is 0.00945. The second-order valence-corrected chi connectivity index (χ2v) is 6.99. The first-order valence-corrected chi connectivity index (χ1v) is 8.63. The predicted molar refractivity (Wildman–Crippen MR) is 91.6 cm³/mol. The number of rotatable bonds is 7. The fourth-order valence-corrected chi connectivity index (χ4v) is 3.29. The molecule has 3 nitrogen and oxygen atoms in total. The van der Waals surface area contributed by atoms with Crippen LogP contribution in [0.1, 0.15) is 33.4 Å². The molecule has 1 heterocycles. The third kappa shape index (κ3) is 5.86. The van der Waals surface area contributed by atoms with Crippen LogP contribution in [0.5, 0.6) is 0 Å². The van der Waals surface area contributed by atoms with Crippen molar-refractivity contribution in [3.8, 4) is 0 Å². The van der Waals surface area contributed by atoms with Gasteiger partial charge in [0.15, 0.2) is 0 Å². The lowest BCUT2D eigenvalue weighted by Gasteiger charge is -2.14. The number of ether oxygens (including phenoxy) is 1. The highest BCUT2D eigenvalue weighted by Crippen LogP contribution is 2.29. The van der Waals surface area contributed by atoms with Crippen LogP contribution in [0.4, 0.5) is 13.2 Å². The molecule has 0 spiro atoms. The van der Waals surface area contributed by atoms with Crippen molar-refractivity contribution < 1.29 is 22.7 Å². The summed E-state index contributed by atoms with van der Waals surface area (Å²) in [6.07, 6.45) is -3.94. The number of aryl methyl sites for hydroxylation is 2. The van der Waals surface area contributed by atoms with Gasteiger partial charge in [-0.25, -0.2) is 0 Å². The van der Waals surface area contributed by atoms with Gasteiger partial charge < -0.3 is 10.1 Å². The Balaban J connectivity index is 1.80. The van der Waals surface area contributed by atoms with Crippen LogP contribution in [-0.4, -0.2) is 19.6 Å². The minimum atomic E-state index is -4.34. The van der Waals surface area contributed by atoms with Crippen LogP contribution in [0.2, 0.25) is 0 Å². The Morgan fingerprint density at radius 1 is 1.20 bits per heavy atom. The minimum absolute atomic E-state index is 0.157. The lowest BCUT2D eigenvalue weighted by atomic mass is 10.1. The smallest absolute Gasteiger partial charge is 0.374 e. The van der Waals surface area contributed by atoms with Gasteiger partial charge in [0.1, 0.15) is 6.10 Å². The maximum atomic E-state index is 12.5. The quantitative estimate of drug-likeness (QED) is 0.778. The van der Waals surface area contributed by atoms with E-state index in [0.29, 0.717) is 18.5 Å². The lowest BCUT2D eigenvalue weighted by Crippen LogP contribution is -2.29. The number of hydrogen-bond acceptors (Lipinski definition) is 3. The molecule has 7 heteroatoms. The number of nitrogens with one attached hydrogen (secondary N) is 1. The van der Waals surface area contributed by atoms with Crippen molar-refractivity contribution >= 4 is 17.2 Å². The van der Waals surface area contributed by atoms with Crippen molar-refractivity contribution in [1.29, 1.82) is 0 Å². The lowest BCUT2D eigenvalue weighted by molar-refractivity contribution is -0.137. The molecule has 0 aliphatic carbocycles. The Labute approximate surface area is 148 Å². The zero-order valence-corrected chi connectivity index (χ0v) is 14.8. The summed E-state index contributed by atoms with van der Waals surface area (Å²) in [5, 5.41) is 2.81. The molecule has 0 bridgehead atoms. The van der Waals surface area contributed by atoms with E-state index in [0.717, 1.165) is 17.0 Å². The van der Waals surface area contributed by atoms with E-state index < -0.39 is 11.7 Å².